The molecule has 6 heteroatoms. The molecular weight excluding hydrogens is 334 g/mol. The number of rotatable bonds is 7. The third kappa shape index (κ3) is 4.12. The lowest BCUT2D eigenvalue weighted by Gasteiger charge is -2.32. The van der Waals surface area contributed by atoms with Crippen LogP contribution in [0.15, 0.2) is 59.5 Å². The monoisotopic (exact) mass is 353 g/mol. The zero-order chi connectivity index (χ0) is 16.9. The lowest BCUT2D eigenvalue weighted by Crippen LogP contribution is -2.41. The van der Waals surface area contributed by atoms with Crippen LogP contribution in [0.2, 0.25) is 5.02 Å². The molecule has 0 saturated carbocycles. The van der Waals surface area contributed by atoms with Crippen LogP contribution in [0.3, 0.4) is 0 Å². The highest BCUT2D eigenvalue weighted by Crippen LogP contribution is 2.28. The minimum Gasteiger partial charge on any atom is -0.372 e. The number of hydrogen-bond acceptors (Lipinski definition) is 3. The summed E-state index contributed by atoms with van der Waals surface area (Å²) in [5.74, 6) is 0. The van der Waals surface area contributed by atoms with Gasteiger partial charge in [-0.15, -0.1) is 0 Å². The Bertz CT molecular complexity index is 726. The molecule has 0 heterocycles. The van der Waals surface area contributed by atoms with E-state index >= 15 is 0 Å². The minimum absolute atomic E-state index is 0.148. The Hall–Kier alpha value is -1.40. The summed E-state index contributed by atoms with van der Waals surface area (Å²) < 4.78 is 33.2. The summed E-state index contributed by atoms with van der Waals surface area (Å²) in [5, 5.41) is 0.494. The maximum Gasteiger partial charge on any atom is 0.240 e. The van der Waals surface area contributed by atoms with Crippen LogP contribution in [0.1, 0.15) is 18.9 Å². The summed E-state index contributed by atoms with van der Waals surface area (Å²) in [5.41, 5.74) is 0.226. The molecule has 2 aromatic rings. The van der Waals surface area contributed by atoms with Crippen molar-refractivity contribution in [2.75, 3.05) is 13.7 Å². The van der Waals surface area contributed by atoms with E-state index in [1.54, 1.807) is 19.2 Å². The Labute approximate surface area is 142 Å². The largest absolute Gasteiger partial charge is 0.372 e. The second-order valence-corrected chi connectivity index (χ2v) is 7.40. The molecule has 0 saturated heterocycles. The molecule has 0 fully saturated rings. The Morgan fingerprint density at radius 1 is 1.09 bits per heavy atom. The maximum atomic E-state index is 12.4. The predicted octanol–water partition coefficient (Wildman–Crippen LogP) is 3.57. The van der Waals surface area contributed by atoms with E-state index in [4.69, 9.17) is 16.3 Å². The lowest BCUT2D eigenvalue weighted by molar-refractivity contribution is -0.0133. The fourth-order valence-corrected chi connectivity index (χ4v) is 3.63. The summed E-state index contributed by atoms with van der Waals surface area (Å²) in [6.45, 7) is 2.11. The molecule has 2 rings (SSSR count). The Morgan fingerprint density at radius 2 is 1.70 bits per heavy atom. The molecule has 23 heavy (non-hydrogen) atoms. The third-order valence-corrected chi connectivity index (χ3v) is 5.60. The quantitative estimate of drug-likeness (QED) is 0.827. The summed E-state index contributed by atoms with van der Waals surface area (Å²) in [6.07, 6.45) is 0.636. The smallest absolute Gasteiger partial charge is 0.240 e. The molecule has 1 unspecified atom stereocenters. The summed E-state index contributed by atoms with van der Waals surface area (Å²) in [4.78, 5) is 0.177. The fraction of sp³-hybridized carbons (Fsp3) is 0.294. The van der Waals surface area contributed by atoms with Gasteiger partial charge in [0.25, 0.3) is 0 Å². The highest BCUT2D eigenvalue weighted by molar-refractivity contribution is 7.89. The SMILES string of the molecule is CCC(CNS(=O)(=O)c1ccc(Cl)cc1)(OC)c1ccccc1. The molecule has 0 aliphatic carbocycles. The highest BCUT2D eigenvalue weighted by Gasteiger charge is 2.32. The molecule has 1 N–H and O–H groups in total. The molecule has 124 valence electrons. The van der Waals surface area contributed by atoms with E-state index in [9.17, 15) is 8.42 Å². The van der Waals surface area contributed by atoms with Gasteiger partial charge in [0.05, 0.1) is 4.90 Å². The summed E-state index contributed by atoms with van der Waals surface area (Å²) in [6, 6.07) is 15.7. The first-order valence-electron chi connectivity index (χ1n) is 7.29. The van der Waals surface area contributed by atoms with Crippen LogP contribution in [-0.2, 0) is 20.4 Å². The van der Waals surface area contributed by atoms with E-state index in [0.29, 0.717) is 11.4 Å². The number of ether oxygens (including phenoxy) is 1. The predicted molar refractivity (Wildman–Crippen MR) is 92.1 cm³/mol. The molecule has 0 radical (unpaired) electrons. The Morgan fingerprint density at radius 3 is 2.22 bits per heavy atom. The molecule has 0 aliphatic heterocycles. The van der Waals surface area contributed by atoms with Crippen molar-refractivity contribution in [3.63, 3.8) is 0 Å². The number of halogens is 1. The molecule has 4 nitrogen and oxygen atoms in total. The van der Waals surface area contributed by atoms with Gasteiger partial charge in [-0.1, -0.05) is 48.9 Å². The number of nitrogens with one attached hydrogen (secondary N) is 1. The van der Waals surface area contributed by atoms with Crippen molar-refractivity contribution in [3.05, 3.63) is 65.2 Å². The first kappa shape index (κ1) is 17.9. The van der Waals surface area contributed by atoms with E-state index in [1.165, 1.54) is 12.1 Å². The summed E-state index contributed by atoms with van der Waals surface area (Å²) in [7, 11) is -2.04. The van der Waals surface area contributed by atoms with E-state index in [-0.39, 0.29) is 11.4 Å². The second-order valence-electron chi connectivity index (χ2n) is 5.20. The van der Waals surface area contributed by atoms with Crippen LogP contribution in [0.4, 0.5) is 0 Å². The molecule has 0 aromatic heterocycles. The van der Waals surface area contributed by atoms with Gasteiger partial charge in [0.1, 0.15) is 5.60 Å². The van der Waals surface area contributed by atoms with Crippen molar-refractivity contribution in [1.82, 2.24) is 4.72 Å². The average Bonchev–Trinajstić information content (AvgIpc) is 2.58. The minimum atomic E-state index is -3.63. The van der Waals surface area contributed by atoms with Gasteiger partial charge in [-0.05, 0) is 36.2 Å². The van der Waals surface area contributed by atoms with E-state index in [2.05, 4.69) is 4.72 Å². The van der Waals surface area contributed by atoms with Gasteiger partial charge in [0, 0.05) is 18.7 Å². The lowest BCUT2D eigenvalue weighted by atomic mass is 9.91. The average molecular weight is 354 g/mol. The van der Waals surface area contributed by atoms with Crippen LogP contribution >= 0.6 is 11.6 Å². The first-order valence-corrected chi connectivity index (χ1v) is 9.15. The van der Waals surface area contributed by atoms with Crippen molar-refractivity contribution in [2.24, 2.45) is 0 Å². The molecule has 2 aromatic carbocycles. The standard InChI is InChI=1S/C17H20ClNO3S/c1-3-17(22-2,14-7-5-4-6-8-14)13-19-23(20,21)16-11-9-15(18)10-12-16/h4-12,19H,3,13H2,1-2H3. The van der Waals surface area contributed by atoms with Gasteiger partial charge in [-0.3, -0.25) is 0 Å². The van der Waals surface area contributed by atoms with E-state index in [1.807, 2.05) is 37.3 Å². The van der Waals surface area contributed by atoms with Crippen LogP contribution in [0, 0.1) is 0 Å². The van der Waals surface area contributed by atoms with Gasteiger partial charge >= 0.3 is 0 Å². The van der Waals surface area contributed by atoms with Gasteiger partial charge in [-0.25, -0.2) is 13.1 Å². The zero-order valence-electron chi connectivity index (χ0n) is 13.1. The van der Waals surface area contributed by atoms with Gasteiger partial charge < -0.3 is 4.74 Å². The van der Waals surface area contributed by atoms with Crippen molar-refractivity contribution in [2.45, 2.75) is 23.8 Å². The molecule has 0 aliphatic rings. The maximum absolute atomic E-state index is 12.4. The molecule has 0 spiro atoms. The third-order valence-electron chi connectivity index (χ3n) is 3.93. The highest BCUT2D eigenvalue weighted by atomic mass is 35.5. The number of methoxy groups -OCH3 is 1. The molecular formula is C17H20ClNO3S. The normalized spacial score (nSPS) is 14.4. The Balaban J connectivity index is 2.23. The van der Waals surface area contributed by atoms with Crippen LogP contribution in [0.5, 0.6) is 0 Å². The Kier molecular flexibility index (Phi) is 5.81. The van der Waals surface area contributed by atoms with E-state index < -0.39 is 15.6 Å². The number of benzene rings is 2. The van der Waals surface area contributed by atoms with Crippen LogP contribution in [-0.4, -0.2) is 22.1 Å². The van der Waals surface area contributed by atoms with Crippen molar-refractivity contribution in [3.8, 4) is 0 Å². The van der Waals surface area contributed by atoms with Crippen LogP contribution in [0.25, 0.3) is 0 Å². The van der Waals surface area contributed by atoms with Gasteiger partial charge in [0.2, 0.25) is 10.0 Å². The first-order chi connectivity index (χ1) is 10.9. The second kappa shape index (κ2) is 7.45. The van der Waals surface area contributed by atoms with Gasteiger partial charge in [-0.2, -0.15) is 0 Å². The van der Waals surface area contributed by atoms with Crippen molar-refractivity contribution in [1.29, 1.82) is 0 Å². The van der Waals surface area contributed by atoms with Gasteiger partial charge in [0.15, 0.2) is 0 Å². The van der Waals surface area contributed by atoms with Crippen molar-refractivity contribution < 1.29 is 13.2 Å². The molecule has 0 amide bonds. The zero-order valence-corrected chi connectivity index (χ0v) is 14.7. The summed E-state index contributed by atoms with van der Waals surface area (Å²) >= 11 is 5.80. The topological polar surface area (TPSA) is 55.4 Å². The fourth-order valence-electron chi connectivity index (χ4n) is 2.42. The van der Waals surface area contributed by atoms with E-state index in [0.717, 1.165) is 5.56 Å². The van der Waals surface area contributed by atoms with Crippen LogP contribution < -0.4 is 4.72 Å². The number of hydrogen-bond donors (Lipinski definition) is 1. The molecule has 1 atom stereocenters. The number of sulfonamides is 1. The van der Waals surface area contributed by atoms with Crippen molar-refractivity contribution >= 4 is 21.6 Å². The molecule has 0 bridgehead atoms.